The molecule has 2 aromatic carbocycles. The van der Waals surface area contributed by atoms with E-state index in [2.05, 4.69) is 21.2 Å². The largest absolute Gasteiger partial charge is 0.493 e. The van der Waals surface area contributed by atoms with Gasteiger partial charge in [-0.1, -0.05) is 15.9 Å². The zero-order valence-corrected chi connectivity index (χ0v) is 16.6. The molecule has 1 amide bonds. The Hall–Kier alpha value is -2.41. The van der Waals surface area contributed by atoms with E-state index in [-0.39, 0.29) is 11.8 Å². The first kappa shape index (κ1) is 18.4. The van der Waals surface area contributed by atoms with Gasteiger partial charge in [0, 0.05) is 28.6 Å². The van der Waals surface area contributed by atoms with Gasteiger partial charge in [0.25, 0.3) is 0 Å². The molecule has 0 spiro atoms. The minimum absolute atomic E-state index is 0.0589. The van der Waals surface area contributed by atoms with Gasteiger partial charge in [-0.15, -0.1) is 0 Å². The average Bonchev–Trinajstić information content (AvgIpc) is 2.65. The predicted molar refractivity (Wildman–Crippen MR) is 102 cm³/mol. The first-order chi connectivity index (χ1) is 12.5. The SMILES string of the molecule is COc1cc(Br)c([C@@H]2CC(=O)Nc3cc(OC)c(OC)cc32)cc1OC. The van der Waals surface area contributed by atoms with Gasteiger partial charge in [0.2, 0.25) is 5.91 Å². The summed E-state index contributed by atoms with van der Waals surface area (Å²) in [5.41, 5.74) is 2.60. The molecule has 0 bridgehead atoms. The van der Waals surface area contributed by atoms with Crippen LogP contribution in [0.3, 0.4) is 0 Å². The van der Waals surface area contributed by atoms with Crippen LogP contribution >= 0.6 is 15.9 Å². The summed E-state index contributed by atoms with van der Waals surface area (Å²) >= 11 is 3.60. The van der Waals surface area contributed by atoms with Crippen LogP contribution < -0.4 is 24.3 Å². The Morgan fingerprint density at radius 3 is 1.92 bits per heavy atom. The number of carbonyl (C=O) groups excluding carboxylic acids is 1. The normalized spacial score (nSPS) is 15.7. The van der Waals surface area contributed by atoms with E-state index in [9.17, 15) is 4.79 Å². The fourth-order valence-electron chi connectivity index (χ4n) is 3.20. The molecule has 0 saturated carbocycles. The quantitative estimate of drug-likeness (QED) is 0.791. The van der Waals surface area contributed by atoms with Crippen LogP contribution in [0, 0.1) is 0 Å². The molecule has 0 aromatic heterocycles. The van der Waals surface area contributed by atoms with Gasteiger partial charge in [-0.3, -0.25) is 4.79 Å². The Morgan fingerprint density at radius 1 is 0.846 bits per heavy atom. The van der Waals surface area contributed by atoms with E-state index in [4.69, 9.17) is 18.9 Å². The number of ether oxygens (including phenoxy) is 4. The number of fused-ring (bicyclic) bond motifs is 1. The highest BCUT2D eigenvalue weighted by atomic mass is 79.9. The van der Waals surface area contributed by atoms with Gasteiger partial charge in [-0.25, -0.2) is 0 Å². The van der Waals surface area contributed by atoms with E-state index in [0.29, 0.717) is 35.1 Å². The minimum Gasteiger partial charge on any atom is -0.493 e. The number of nitrogens with one attached hydrogen (secondary N) is 1. The highest BCUT2D eigenvalue weighted by Gasteiger charge is 2.30. The van der Waals surface area contributed by atoms with Crippen LogP contribution in [0.25, 0.3) is 0 Å². The summed E-state index contributed by atoms with van der Waals surface area (Å²) in [6.45, 7) is 0. The second kappa shape index (κ2) is 7.45. The van der Waals surface area contributed by atoms with Crippen molar-refractivity contribution in [1.82, 2.24) is 0 Å². The van der Waals surface area contributed by atoms with Crippen LogP contribution in [0.15, 0.2) is 28.7 Å². The van der Waals surface area contributed by atoms with Gasteiger partial charge in [0.1, 0.15) is 0 Å². The van der Waals surface area contributed by atoms with Crippen molar-refractivity contribution >= 4 is 27.5 Å². The second-order valence-electron chi connectivity index (χ2n) is 5.83. The summed E-state index contributed by atoms with van der Waals surface area (Å²) < 4.78 is 22.4. The van der Waals surface area contributed by atoms with Gasteiger partial charge in [-0.05, 0) is 29.3 Å². The fraction of sp³-hybridized carbons (Fsp3) is 0.316. The Labute approximate surface area is 160 Å². The lowest BCUT2D eigenvalue weighted by atomic mass is 9.84. The summed E-state index contributed by atoms with van der Waals surface area (Å²) in [4.78, 5) is 12.3. The molecule has 0 aliphatic carbocycles. The maximum absolute atomic E-state index is 12.3. The number of carbonyl (C=O) groups is 1. The number of benzene rings is 2. The van der Waals surface area contributed by atoms with E-state index >= 15 is 0 Å². The van der Waals surface area contributed by atoms with E-state index in [1.54, 1.807) is 34.5 Å². The molecule has 1 N–H and O–H groups in total. The predicted octanol–water partition coefficient (Wildman–Crippen LogP) is 3.96. The van der Waals surface area contributed by atoms with Crippen molar-refractivity contribution in [3.05, 3.63) is 39.9 Å². The topological polar surface area (TPSA) is 66.0 Å². The highest BCUT2D eigenvalue weighted by Crippen LogP contribution is 2.46. The lowest BCUT2D eigenvalue weighted by Crippen LogP contribution is -2.24. The van der Waals surface area contributed by atoms with Gasteiger partial charge in [0.05, 0.1) is 28.4 Å². The molecule has 0 fully saturated rings. The number of hydrogen-bond donors (Lipinski definition) is 1. The lowest BCUT2D eigenvalue weighted by molar-refractivity contribution is -0.116. The molecule has 138 valence electrons. The van der Waals surface area contributed by atoms with E-state index in [1.807, 2.05) is 18.2 Å². The molecule has 3 rings (SSSR count). The van der Waals surface area contributed by atoms with Gasteiger partial charge in [0.15, 0.2) is 23.0 Å². The number of rotatable bonds is 5. The zero-order chi connectivity index (χ0) is 18.8. The minimum atomic E-state index is -0.160. The van der Waals surface area contributed by atoms with Crippen molar-refractivity contribution in [2.75, 3.05) is 33.8 Å². The number of halogens is 1. The van der Waals surface area contributed by atoms with E-state index < -0.39 is 0 Å². The smallest absolute Gasteiger partial charge is 0.225 e. The van der Waals surface area contributed by atoms with Crippen LogP contribution in [0.4, 0.5) is 5.69 Å². The van der Waals surface area contributed by atoms with Gasteiger partial charge in [-0.2, -0.15) is 0 Å². The highest BCUT2D eigenvalue weighted by molar-refractivity contribution is 9.10. The average molecular weight is 422 g/mol. The van der Waals surface area contributed by atoms with Gasteiger partial charge < -0.3 is 24.3 Å². The van der Waals surface area contributed by atoms with Crippen molar-refractivity contribution in [2.24, 2.45) is 0 Å². The Kier molecular flexibility index (Phi) is 5.27. The van der Waals surface area contributed by atoms with Crippen LogP contribution in [0.5, 0.6) is 23.0 Å². The molecule has 0 radical (unpaired) electrons. The third kappa shape index (κ3) is 3.19. The molecule has 0 saturated heterocycles. The monoisotopic (exact) mass is 421 g/mol. The standard InChI is InChI=1S/C19H20BrNO5/c1-23-15-5-11(13(20)8-17(15)25-3)10-7-19(22)21-14-9-18(26-4)16(24-2)6-12(10)14/h5-6,8-10H,7H2,1-4H3,(H,21,22)/t10-/m0/s1. The number of methoxy groups -OCH3 is 4. The molecule has 1 aliphatic rings. The molecule has 1 aliphatic heterocycles. The summed E-state index contributed by atoms with van der Waals surface area (Å²) in [6, 6.07) is 7.43. The summed E-state index contributed by atoms with van der Waals surface area (Å²) in [7, 11) is 6.33. The number of amides is 1. The molecular formula is C19H20BrNO5. The van der Waals surface area contributed by atoms with Crippen molar-refractivity contribution in [1.29, 1.82) is 0 Å². The molecule has 26 heavy (non-hydrogen) atoms. The molecule has 6 nitrogen and oxygen atoms in total. The van der Waals surface area contributed by atoms with Crippen molar-refractivity contribution in [3.63, 3.8) is 0 Å². The maximum Gasteiger partial charge on any atom is 0.225 e. The number of anilines is 1. The third-order valence-corrected chi connectivity index (χ3v) is 5.16. The Bertz CT molecular complexity index is 852. The van der Waals surface area contributed by atoms with Crippen molar-refractivity contribution in [2.45, 2.75) is 12.3 Å². The fourth-order valence-corrected chi connectivity index (χ4v) is 3.80. The van der Waals surface area contributed by atoms with Crippen LogP contribution in [-0.2, 0) is 4.79 Å². The summed E-state index contributed by atoms with van der Waals surface area (Å²) in [5, 5.41) is 2.91. The summed E-state index contributed by atoms with van der Waals surface area (Å²) in [5.74, 6) is 2.20. The Balaban J connectivity index is 2.17. The summed E-state index contributed by atoms with van der Waals surface area (Å²) in [6.07, 6.45) is 0.316. The van der Waals surface area contributed by atoms with E-state index in [0.717, 1.165) is 15.6 Å². The molecule has 7 heteroatoms. The maximum atomic E-state index is 12.3. The molecule has 2 aromatic rings. The molecule has 1 heterocycles. The van der Waals surface area contributed by atoms with Crippen molar-refractivity contribution in [3.8, 4) is 23.0 Å². The van der Waals surface area contributed by atoms with Crippen molar-refractivity contribution < 1.29 is 23.7 Å². The zero-order valence-electron chi connectivity index (χ0n) is 15.0. The number of hydrogen-bond acceptors (Lipinski definition) is 5. The van der Waals surface area contributed by atoms with Gasteiger partial charge >= 0.3 is 0 Å². The molecule has 1 atom stereocenters. The van der Waals surface area contributed by atoms with Crippen LogP contribution in [0.2, 0.25) is 0 Å². The first-order valence-corrected chi connectivity index (χ1v) is 8.78. The molecular weight excluding hydrogens is 402 g/mol. The molecule has 0 unspecified atom stereocenters. The third-order valence-electron chi connectivity index (χ3n) is 4.47. The van der Waals surface area contributed by atoms with E-state index in [1.165, 1.54) is 0 Å². The lowest BCUT2D eigenvalue weighted by Gasteiger charge is -2.28. The van der Waals surface area contributed by atoms with Crippen LogP contribution in [-0.4, -0.2) is 34.3 Å². The van der Waals surface area contributed by atoms with Crippen LogP contribution in [0.1, 0.15) is 23.5 Å². The second-order valence-corrected chi connectivity index (χ2v) is 6.68. The Morgan fingerprint density at radius 2 is 1.35 bits per heavy atom. The first-order valence-electron chi connectivity index (χ1n) is 7.99.